The number of ether oxygens (including phenoxy) is 1. The van der Waals surface area contributed by atoms with Gasteiger partial charge in [0.1, 0.15) is 5.82 Å². The minimum absolute atomic E-state index is 0.175. The summed E-state index contributed by atoms with van der Waals surface area (Å²) in [5.74, 6) is 0.395. The second-order valence-electron chi connectivity index (χ2n) is 5.60. The number of rotatable bonds is 4. The molecule has 1 saturated heterocycles. The van der Waals surface area contributed by atoms with Gasteiger partial charge in [-0.25, -0.2) is 4.39 Å². The van der Waals surface area contributed by atoms with Crippen LogP contribution < -0.4 is 0 Å². The predicted molar refractivity (Wildman–Crippen MR) is 85.3 cm³/mol. The van der Waals surface area contributed by atoms with Crippen LogP contribution in [0.3, 0.4) is 0 Å². The van der Waals surface area contributed by atoms with E-state index in [2.05, 4.69) is 36.4 Å². The molecule has 7 nitrogen and oxygen atoms in total. The summed E-state index contributed by atoms with van der Waals surface area (Å²) in [4.78, 5) is 4.21. The molecular weight excluding hydrogens is 381 g/mol. The summed E-state index contributed by atoms with van der Waals surface area (Å²) in [5.41, 5.74) is 0.730. The molecule has 1 aromatic carbocycles. The van der Waals surface area contributed by atoms with E-state index >= 15 is 0 Å². The Labute approximate surface area is 144 Å². The third-order valence-electron chi connectivity index (χ3n) is 3.83. The Morgan fingerprint density at radius 1 is 1.38 bits per heavy atom. The molecule has 0 bridgehead atoms. The first-order valence-corrected chi connectivity index (χ1v) is 8.26. The molecule has 2 aromatic heterocycles. The number of nitrogens with zero attached hydrogens (tertiary/aromatic N) is 5. The zero-order valence-corrected chi connectivity index (χ0v) is 14.1. The second-order valence-corrected chi connectivity index (χ2v) is 6.52. The molecule has 1 unspecified atom stereocenters. The summed E-state index contributed by atoms with van der Waals surface area (Å²) in [6, 6.07) is 4.66. The highest BCUT2D eigenvalue weighted by Gasteiger charge is 2.19. The lowest BCUT2D eigenvalue weighted by Crippen LogP contribution is -2.10. The molecule has 1 atom stereocenters. The largest absolute Gasteiger partial charge is 0.381 e. The first kappa shape index (κ1) is 15.4. The van der Waals surface area contributed by atoms with Crippen molar-refractivity contribution >= 4 is 15.9 Å². The van der Waals surface area contributed by atoms with Crippen LogP contribution in [0.4, 0.5) is 4.39 Å². The van der Waals surface area contributed by atoms with Crippen LogP contribution in [0.5, 0.6) is 0 Å². The van der Waals surface area contributed by atoms with Gasteiger partial charge in [-0.3, -0.25) is 4.68 Å². The van der Waals surface area contributed by atoms with E-state index in [9.17, 15) is 4.39 Å². The Hall–Kier alpha value is -2.13. The molecule has 1 aliphatic rings. The Morgan fingerprint density at radius 2 is 2.29 bits per heavy atom. The van der Waals surface area contributed by atoms with E-state index in [1.807, 2.05) is 0 Å². The van der Waals surface area contributed by atoms with Gasteiger partial charge in [0.2, 0.25) is 5.82 Å². The maximum absolute atomic E-state index is 14.0. The average Bonchev–Trinajstić information content (AvgIpc) is 3.28. The zero-order chi connectivity index (χ0) is 16.5. The topological polar surface area (TPSA) is 78.9 Å². The predicted octanol–water partition coefficient (Wildman–Crippen LogP) is 2.93. The third-order valence-corrected chi connectivity index (χ3v) is 4.32. The van der Waals surface area contributed by atoms with E-state index in [4.69, 9.17) is 9.26 Å². The van der Waals surface area contributed by atoms with Crippen molar-refractivity contribution in [3.05, 3.63) is 34.7 Å². The van der Waals surface area contributed by atoms with Gasteiger partial charge in [0, 0.05) is 23.5 Å². The van der Waals surface area contributed by atoms with Crippen LogP contribution in [0.25, 0.3) is 23.0 Å². The van der Waals surface area contributed by atoms with Crippen LogP contribution in [0.15, 0.2) is 33.4 Å². The maximum atomic E-state index is 14.0. The lowest BCUT2D eigenvalue weighted by molar-refractivity contribution is 0.181. The molecule has 124 valence electrons. The summed E-state index contributed by atoms with van der Waals surface area (Å²) in [7, 11) is 0. The van der Waals surface area contributed by atoms with Crippen molar-refractivity contribution in [2.75, 3.05) is 13.2 Å². The highest BCUT2D eigenvalue weighted by Crippen LogP contribution is 2.25. The fourth-order valence-corrected chi connectivity index (χ4v) is 2.92. The van der Waals surface area contributed by atoms with Gasteiger partial charge in [-0.1, -0.05) is 26.3 Å². The average molecular weight is 394 g/mol. The van der Waals surface area contributed by atoms with Crippen LogP contribution in [0.1, 0.15) is 6.42 Å². The molecule has 0 aliphatic carbocycles. The minimum atomic E-state index is -0.429. The van der Waals surface area contributed by atoms with Gasteiger partial charge in [-0.15, -0.1) is 5.10 Å². The molecule has 0 amide bonds. The van der Waals surface area contributed by atoms with Crippen molar-refractivity contribution < 1.29 is 13.7 Å². The Morgan fingerprint density at radius 3 is 3.08 bits per heavy atom. The van der Waals surface area contributed by atoms with Gasteiger partial charge in [0.15, 0.2) is 5.69 Å². The molecule has 0 N–H and O–H groups in total. The Balaban J connectivity index is 1.55. The van der Waals surface area contributed by atoms with Crippen molar-refractivity contribution in [3.8, 4) is 23.0 Å². The maximum Gasteiger partial charge on any atom is 0.280 e. The van der Waals surface area contributed by atoms with E-state index < -0.39 is 5.82 Å². The number of hydrogen-bond donors (Lipinski definition) is 0. The molecule has 4 rings (SSSR count). The van der Waals surface area contributed by atoms with Crippen molar-refractivity contribution in [1.29, 1.82) is 0 Å². The third kappa shape index (κ3) is 3.09. The molecule has 1 fully saturated rings. The molecule has 9 heteroatoms. The number of hydrogen-bond acceptors (Lipinski definition) is 6. The quantitative estimate of drug-likeness (QED) is 0.677. The molecule has 0 saturated carbocycles. The Bertz CT molecular complexity index is 859. The summed E-state index contributed by atoms with van der Waals surface area (Å²) in [6.45, 7) is 2.26. The first-order valence-electron chi connectivity index (χ1n) is 7.46. The second kappa shape index (κ2) is 6.40. The van der Waals surface area contributed by atoms with Crippen molar-refractivity contribution in [3.63, 3.8) is 0 Å². The zero-order valence-electron chi connectivity index (χ0n) is 12.5. The van der Waals surface area contributed by atoms with Crippen molar-refractivity contribution in [2.24, 2.45) is 5.92 Å². The Kier molecular flexibility index (Phi) is 4.11. The highest BCUT2D eigenvalue weighted by molar-refractivity contribution is 9.10. The highest BCUT2D eigenvalue weighted by atomic mass is 79.9. The van der Waals surface area contributed by atoms with Gasteiger partial charge in [-0.2, -0.15) is 4.98 Å². The molecule has 3 aromatic rings. The standard InChI is InChI=1S/C15H13BrFN5O2/c16-10-1-2-11(12(17)5-10)14-18-15(24-20-14)13-7-22(21-19-13)6-9-3-4-23-8-9/h1-2,5,7,9H,3-4,6,8H2. The van der Waals surface area contributed by atoms with E-state index in [-0.39, 0.29) is 17.3 Å². The van der Waals surface area contributed by atoms with Gasteiger partial charge in [0.05, 0.1) is 18.4 Å². The van der Waals surface area contributed by atoms with E-state index in [0.29, 0.717) is 16.1 Å². The van der Waals surface area contributed by atoms with Crippen LogP contribution >= 0.6 is 15.9 Å². The molecule has 0 radical (unpaired) electrons. The summed E-state index contributed by atoms with van der Waals surface area (Å²) < 4.78 is 26.9. The van der Waals surface area contributed by atoms with Crippen molar-refractivity contribution in [1.82, 2.24) is 25.1 Å². The summed E-state index contributed by atoms with van der Waals surface area (Å²) in [6.07, 6.45) is 2.76. The minimum Gasteiger partial charge on any atom is -0.381 e. The fourth-order valence-electron chi connectivity index (χ4n) is 2.59. The smallest absolute Gasteiger partial charge is 0.280 e. The van der Waals surface area contributed by atoms with E-state index in [0.717, 1.165) is 26.2 Å². The van der Waals surface area contributed by atoms with Crippen LogP contribution in [0, 0.1) is 11.7 Å². The fraction of sp³-hybridized carbons (Fsp3) is 0.333. The molecule has 24 heavy (non-hydrogen) atoms. The lowest BCUT2D eigenvalue weighted by atomic mass is 10.1. The van der Waals surface area contributed by atoms with Crippen LogP contribution in [-0.2, 0) is 11.3 Å². The lowest BCUT2D eigenvalue weighted by Gasteiger charge is -2.05. The monoisotopic (exact) mass is 393 g/mol. The number of benzene rings is 1. The molecule has 1 aliphatic heterocycles. The number of aromatic nitrogens is 5. The summed E-state index contributed by atoms with van der Waals surface area (Å²) >= 11 is 3.22. The van der Waals surface area contributed by atoms with Crippen LogP contribution in [0.2, 0.25) is 0 Å². The molecule has 0 spiro atoms. The van der Waals surface area contributed by atoms with Gasteiger partial charge < -0.3 is 9.26 Å². The van der Waals surface area contributed by atoms with Gasteiger partial charge in [0.25, 0.3) is 5.89 Å². The van der Waals surface area contributed by atoms with E-state index in [1.54, 1.807) is 23.0 Å². The summed E-state index contributed by atoms with van der Waals surface area (Å²) in [5, 5.41) is 11.9. The van der Waals surface area contributed by atoms with Gasteiger partial charge >= 0.3 is 0 Å². The van der Waals surface area contributed by atoms with E-state index in [1.165, 1.54) is 6.07 Å². The number of halogens is 2. The normalized spacial score (nSPS) is 17.5. The van der Waals surface area contributed by atoms with Crippen molar-refractivity contribution in [2.45, 2.75) is 13.0 Å². The molecule has 3 heterocycles. The van der Waals surface area contributed by atoms with Crippen LogP contribution in [-0.4, -0.2) is 38.3 Å². The first-order chi connectivity index (χ1) is 11.7. The molecular formula is C15H13BrFN5O2. The van der Waals surface area contributed by atoms with Gasteiger partial charge in [-0.05, 0) is 24.6 Å². The SMILES string of the molecule is Fc1cc(Br)ccc1-c1noc(-c2cn(CC3CCOC3)nn2)n1.